The van der Waals surface area contributed by atoms with Gasteiger partial charge in [-0.3, -0.25) is 0 Å². The summed E-state index contributed by atoms with van der Waals surface area (Å²) in [5.74, 6) is 0. The van der Waals surface area contributed by atoms with Gasteiger partial charge in [0.2, 0.25) is 0 Å². The first-order valence-corrected chi connectivity index (χ1v) is 4.01. The summed E-state index contributed by atoms with van der Waals surface area (Å²) in [4.78, 5) is 0. The van der Waals surface area contributed by atoms with Gasteiger partial charge >= 0.3 is 0 Å². The van der Waals surface area contributed by atoms with Crippen LogP contribution in [0.2, 0.25) is 0 Å². The van der Waals surface area contributed by atoms with Crippen molar-refractivity contribution in [3.05, 3.63) is 30.3 Å². The molecule has 0 unspecified atom stereocenters. The van der Waals surface area contributed by atoms with Crippen molar-refractivity contribution in [1.82, 2.24) is 0 Å². The first kappa shape index (κ1) is 8.49. The van der Waals surface area contributed by atoms with Gasteiger partial charge in [0.05, 0.1) is 0 Å². The first-order valence-electron chi connectivity index (χ1n) is 4.01. The highest BCUT2D eigenvalue weighted by Gasteiger charge is 1.98. The van der Waals surface area contributed by atoms with E-state index in [1.807, 2.05) is 24.3 Å². The smallest absolute Gasteiger partial charge is 0.103 e. The quantitative estimate of drug-likeness (QED) is 0.441. The molecule has 0 spiro atoms. The zero-order valence-corrected chi connectivity index (χ0v) is 7.12. The highest BCUT2D eigenvalue weighted by atomic mass is 14.0. The van der Waals surface area contributed by atoms with Gasteiger partial charge in [0.25, 0.3) is 0 Å². The largest absolute Gasteiger partial charge is 0.113 e. The van der Waals surface area contributed by atoms with Crippen LogP contribution >= 0.6 is 0 Å². The molecule has 13 heavy (non-hydrogen) atoms. The molecule has 0 bridgehead atoms. The molecule has 0 fully saturated rings. The maximum Gasteiger partial charge on any atom is 0.113 e. The topological polar surface area (TPSA) is 0 Å². The maximum absolute atomic E-state index is 5.80. The SMILES string of the molecule is [B]c1ccc2c([B])c([B])ccc2c1. The van der Waals surface area contributed by atoms with E-state index in [0.717, 1.165) is 16.2 Å². The molecule has 54 valence electrons. The van der Waals surface area contributed by atoms with E-state index in [9.17, 15) is 0 Å². The minimum Gasteiger partial charge on any atom is -0.103 e. The van der Waals surface area contributed by atoms with Crippen LogP contribution in [0.3, 0.4) is 0 Å². The van der Waals surface area contributed by atoms with Gasteiger partial charge in [-0.1, -0.05) is 41.3 Å². The Morgan fingerprint density at radius 2 is 1.62 bits per heavy atom. The van der Waals surface area contributed by atoms with Crippen molar-refractivity contribution in [2.45, 2.75) is 0 Å². The average molecular weight is 158 g/mol. The van der Waals surface area contributed by atoms with E-state index in [1.54, 1.807) is 6.07 Å². The van der Waals surface area contributed by atoms with Crippen LogP contribution in [0.1, 0.15) is 0 Å². The second-order valence-corrected chi connectivity index (χ2v) is 3.05. The van der Waals surface area contributed by atoms with E-state index >= 15 is 0 Å². The van der Waals surface area contributed by atoms with Crippen molar-refractivity contribution in [1.29, 1.82) is 0 Å². The first-order chi connectivity index (χ1) is 6.18. The number of hydrogen-bond donors (Lipinski definition) is 0. The lowest BCUT2D eigenvalue weighted by molar-refractivity contribution is 1.86. The number of hydrogen-bond acceptors (Lipinski definition) is 0. The van der Waals surface area contributed by atoms with Crippen molar-refractivity contribution in [3.63, 3.8) is 0 Å². The van der Waals surface area contributed by atoms with Gasteiger partial charge < -0.3 is 0 Å². The summed E-state index contributed by atoms with van der Waals surface area (Å²) in [5, 5.41) is 1.97. The highest BCUT2D eigenvalue weighted by molar-refractivity contribution is 6.52. The van der Waals surface area contributed by atoms with E-state index in [1.165, 1.54) is 0 Å². The molecule has 0 aliphatic carbocycles. The van der Waals surface area contributed by atoms with Crippen LogP contribution in [0.15, 0.2) is 30.3 Å². The molecule has 2 rings (SSSR count). The Morgan fingerprint density at radius 1 is 0.846 bits per heavy atom. The Balaban J connectivity index is 2.87. The van der Waals surface area contributed by atoms with Gasteiger partial charge in [0, 0.05) is 0 Å². The Morgan fingerprint density at radius 3 is 2.38 bits per heavy atom. The van der Waals surface area contributed by atoms with Crippen LogP contribution in [0, 0.1) is 0 Å². The van der Waals surface area contributed by atoms with Gasteiger partial charge in [0.15, 0.2) is 0 Å². The summed E-state index contributed by atoms with van der Waals surface area (Å²) in [6, 6.07) is 9.29. The van der Waals surface area contributed by atoms with E-state index in [4.69, 9.17) is 23.5 Å². The molecule has 0 aromatic heterocycles. The monoisotopic (exact) mass is 158 g/mol. The second kappa shape index (κ2) is 2.99. The lowest BCUT2D eigenvalue weighted by Crippen LogP contribution is -2.26. The molecular formula is C10H5B3. The molecule has 0 saturated heterocycles. The van der Waals surface area contributed by atoms with E-state index in [0.29, 0.717) is 10.9 Å². The molecule has 3 heteroatoms. The van der Waals surface area contributed by atoms with E-state index in [2.05, 4.69) is 0 Å². The summed E-state index contributed by atoms with van der Waals surface area (Å²) in [7, 11) is 17.1. The summed E-state index contributed by atoms with van der Waals surface area (Å²) >= 11 is 0. The number of fused-ring (bicyclic) bond motifs is 1. The van der Waals surface area contributed by atoms with Crippen molar-refractivity contribution in [2.24, 2.45) is 0 Å². The number of rotatable bonds is 0. The molecule has 0 aliphatic rings. The van der Waals surface area contributed by atoms with Crippen LogP contribution in [-0.4, -0.2) is 23.5 Å². The molecule has 2 aromatic carbocycles. The lowest BCUT2D eigenvalue weighted by Gasteiger charge is -2.06. The average Bonchev–Trinajstić information content (AvgIpc) is 2.12. The van der Waals surface area contributed by atoms with Crippen molar-refractivity contribution < 1.29 is 0 Å². The fourth-order valence-electron chi connectivity index (χ4n) is 1.39. The van der Waals surface area contributed by atoms with Gasteiger partial charge in [-0.05, 0) is 10.8 Å². The summed E-state index contributed by atoms with van der Waals surface area (Å²) in [6.07, 6.45) is 0. The molecule has 0 aliphatic heterocycles. The predicted octanol–water partition coefficient (Wildman–Crippen LogP) is -0.779. The van der Waals surface area contributed by atoms with Crippen LogP contribution in [0.4, 0.5) is 0 Å². The fraction of sp³-hybridized carbons (Fsp3) is 0. The third-order valence-electron chi connectivity index (χ3n) is 2.12. The molecule has 0 nitrogen and oxygen atoms in total. The van der Waals surface area contributed by atoms with Crippen LogP contribution in [0.25, 0.3) is 10.8 Å². The third-order valence-corrected chi connectivity index (χ3v) is 2.12. The minimum atomic E-state index is 0.609. The Bertz CT molecular complexity index is 463. The standard InChI is InChI=1S/C10H5B3/c11-7-2-3-8-6(5-7)1-4-9(12)10(8)13/h1-5H. The Kier molecular flexibility index (Phi) is 1.95. The maximum atomic E-state index is 5.80. The predicted molar refractivity (Wildman–Crippen MR) is 60.1 cm³/mol. The Hall–Kier alpha value is -1.11. The molecule has 0 N–H and O–H groups in total. The normalized spacial score (nSPS) is 10.5. The van der Waals surface area contributed by atoms with Crippen molar-refractivity contribution >= 4 is 50.7 Å². The molecule has 0 heterocycles. The van der Waals surface area contributed by atoms with Crippen molar-refractivity contribution in [2.75, 3.05) is 0 Å². The van der Waals surface area contributed by atoms with Gasteiger partial charge in [-0.15, -0.1) is 5.46 Å². The zero-order valence-electron chi connectivity index (χ0n) is 7.12. The molecule has 0 atom stereocenters. The van der Waals surface area contributed by atoms with Crippen LogP contribution in [0.5, 0.6) is 0 Å². The number of benzene rings is 2. The van der Waals surface area contributed by atoms with Crippen LogP contribution < -0.4 is 16.4 Å². The van der Waals surface area contributed by atoms with Crippen LogP contribution in [-0.2, 0) is 0 Å². The highest BCUT2D eigenvalue weighted by Crippen LogP contribution is 2.06. The molecular weight excluding hydrogens is 153 g/mol. The van der Waals surface area contributed by atoms with Gasteiger partial charge in [0.1, 0.15) is 23.5 Å². The van der Waals surface area contributed by atoms with E-state index in [-0.39, 0.29) is 0 Å². The summed E-state index contributed by atoms with van der Waals surface area (Å²) < 4.78 is 0. The summed E-state index contributed by atoms with van der Waals surface area (Å²) in [6.45, 7) is 0. The fourth-order valence-corrected chi connectivity index (χ4v) is 1.39. The third kappa shape index (κ3) is 1.39. The van der Waals surface area contributed by atoms with Crippen molar-refractivity contribution in [3.8, 4) is 0 Å². The molecule has 2 aromatic rings. The molecule has 0 amide bonds. The molecule has 0 saturated carbocycles. The lowest BCUT2D eigenvalue weighted by atomic mass is 9.77. The Labute approximate surface area is 81.6 Å². The van der Waals surface area contributed by atoms with Gasteiger partial charge in [-0.25, -0.2) is 0 Å². The molecule has 6 radical (unpaired) electrons. The van der Waals surface area contributed by atoms with Gasteiger partial charge in [-0.2, -0.15) is 0 Å². The zero-order chi connectivity index (χ0) is 9.42. The van der Waals surface area contributed by atoms with E-state index < -0.39 is 0 Å². The summed E-state index contributed by atoms with van der Waals surface area (Å²) in [5.41, 5.74) is 1.96. The minimum absolute atomic E-state index is 0.609. The second-order valence-electron chi connectivity index (χ2n) is 3.05.